The number of ether oxygens (including phenoxy) is 1. The fraction of sp³-hybridized carbons (Fsp3) is 0.375. The third-order valence-electron chi connectivity index (χ3n) is 3.82. The Morgan fingerprint density at radius 2 is 2.14 bits per heavy atom. The third kappa shape index (κ3) is 2.68. The largest absolute Gasteiger partial charge is 0.372 e. The Bertz CT molecular complexity index is 707. The molecular weight excluding hydrogens is 332 g/mol. The molecule has 0 aliphatic carbocycles. The van der Waals surface area contributed by atoms with Crippen LogP contribution in [-0.4, -0.2) is 15.6 Å². The molecule has 2 aromatic rings. The lowest BCUT2D eigenvalue weighted by Gasteiger charge is -2.06. The van der Waals surface area contributed by atoms with Gasteiger partial charge in [0, 0.05) is 12.1 Å². The number of ketones is 1. The lowest BCUT2D eigenvalue weighted by Crippen LogP contribution is -2.10. The fourth-order valence-electron chi connectivity index (χ4n) is 2.64. The van der Waals surface area contributed by atoms with E-state index in [0.717, 1.165) is 33.5 Å². The summed E-state index contributed by atoms with van der Waals surface area (Å²) in [4.78, 5) is 12.5. The monoisotopic (exact) mass is 348 g/mol. The van der Waals surface area contributed by atoms with Crippen molar-refractivity contribution in [1.82, 2.24) is 9.78 Å². The van der Waals surface area contributed by atoms with Crippen LogP contribution in [0.1, 0.15) is 39.8 Å². The first-order valence-corrected chi connectivity index (χ1v) is 7.84. The molecule has 0 spiro atoms. The third-order valence-corrected chi connectivity index (χ3v) is 4.86. The van der Waals surface area contributed by atoms with Gasteiger partial charge in [0.25, 0.3) is 0 Å². The van der Waals surface area contributed by atoms with Crippen LogP contribution in [0.25, 0.3) is 0 Å². The summed E-state index contributed by atoms with van der Waals surface area (Å²) in [5, 5.41) is 4.43. The minimum Gasteiger partial charge on any atom is -0.372 e. The topological polar surface area (TPSA) is 44.1 Å². The molecule has 2 heterocycles. The van der Waals surface area contributed by atoms with Gasteiger partial charge in [-0.15, -0.1) is 0 Å². The second-order valence-corrected chi connectivity index (χ2v) is 6.03. The molecule has 0 saturated carbocycles. The normalized spacial score (nSPS) is 13.5. The first-order chi connectivity index (χ1) is 10.1. The Labute approximate surface area is 132 Å². The van der Waals surface area contributed by atoms with Gasteiger partial charge in [-0.3, -0.25) is 9.48 Å². The zero-order chi connectivity index (χ0) is 15.0. The average molecular weight is 349 g/mol. The number of hydrogen-bond donors (Lipinski definition) is 0. The Balaban J connectivity index is 1.87. The van der Waals surface area contributed by atoms with Crippen molar-refractivity contribution in [2.45, 2.75) is 40.0 Å². The van der Waals surface area contributed by atoms with Crippen LogP contribution in [0.4, 0.5) is 0 Å². The van der Waals surface area contributed by atoms with Crippen LogP contribution in [0.5, 0.6) is 0 Å². The molecule has 5 heteroatoms. The lowest BCUT2D eigenvalue weighted by molar-refractivity contribution is 0.0990. The molecule has 110 valence electrons. The minimum absolute atomic E-state index is 0.111. The number of hydrogen-bond acceptors (Lipinski definition) is 3. The van der Waals surface area contributed by atoms with Crippen molar-refractivity contribution >= 4 is 21.7 Å². The molecule has 0 unspecified atom stereocenters. The zero-order valence-electron chi connectivity index (χ0n) is 12.1. The van der Waals surface area contributed by atoms with E-state index in [1.807, 2.05) is 36.7 Å². The molecule has 0 amide bonds. The second kappa shape index (κ2) is 5.73. The number of carbonyl (C=O) groups excluding carboxylic acids is 1. The number of halogens is 1. The summed E-state index contributed by atoms with van der Waals surface area (Å²) in [7, 11) is 0. The van der Waals surface area contributed by atoms with Gasteiger partial charge in [-0.2, -0.15) is 5.10 Å². The lowest BCUT2D eigenvalue weighted by atomic mass is 10.0. The van der Waals surface area contributed by atoms with Crippen LogP contribution in [0.2, 0.25) is 0 Å². The summed E-state index contributed by atoms with van der Waals surface area (Å²) in [5.74, 6) is 0.111. The highest BCUT2D eigenvalue weighted by Crippen LogP contribution is 2.25. The zero-order valence-corrected chi connectivity index (χ0v) is 13.7. The summed E-state index contributed by atoms with van der Waals surface area (Å²) in [6.45, 7) is 5.98. The first kappa shape index (κ1) is 14.5. The molecule has 0 fully saturated rings. The molecule has 0 radical (unpaired) electrons. The van der Waals surface area contributed by atoms with Gasteiger partial charge < -0.3 is 4.74 Å². The van der Waals surface area contributed by atoms with E-state index in [9.17, 15) is 4.79 Å². The number of carbonyl (C=O) groups is 1. The molecule has 0 atom stereocenters. The Morgan fingerprint density at radius 3 is 2.90 bits per heavy atom. The summed E-state index contributed by atoms with van der Waals surface area (Å²) in [6.07, 6.45) is 0.356. The standard InChI is InChI=1S/C16H17BrN2O2/c1-3-19-14(16(17)10(2)18-19)7-15(20)11-4-5-12-8-21-9-13(12)6-11/h4-6H,3,7-9H2,1-2H3. The number of nitrogens with zero attached hydrogens (tertiary/aromatic N) is 2. The number of benzene rings is 1. The van der Waals surface area contributed by atoms with Crippen LogP contribution in [0.15, 0.2) is 22.7 Å². The van der Waals surface area contributed by atoms with Crippen molar-refractivity contribution in [1.29, 1.82) is 0 Å². The molecule has 1 aliphatic rings. The Morgan fingerprint density at radius 1 is 1.38 bits per heavy atom. The molecule has 0 N–H and O–H groups in total. The number of Topliss-reactive ketones (excluding diaryl/α,β-unsaturated/α-hetero) is 1. The van der Waals surface area contributed by atoms with Crippen LogP contribution >= 0.6 is 15.9 Å². The van der Waals surface area contributed by atoms with E-state index in [1.54, 1.807) is 0 Å². The first-order valence-electron chi connectivity index (χ1n) is 7.04. The summed E-state index contributed by atoms with van der Waals surface area (Å²) in [6, 6.07) is 5.84. The minimum atomic E-state index is 0.111. The summed E-state index contributed by atoms with van der Waals surface area (Å²) in [5.41, 5.74) is 4.91. The van der Waals surface area contributed by atoms with Gasteiger partial charge in [-0.1, -0.05) is 12.1 Å². The van der Waals surface area contributed by atoms with Crippen molar-refractivity contribution in [2.75, 3.05) is 0 Å². The van der Waals surface area contributed by atoms with Crippen molar-refractivity contribution in [3.8, 4) is 0 Å². The predicted octanol–water partition coefficient (Wildman–Crippen LogP) is 3.43. The van der Waals surface area contributed by atoms with Crippen LogP contribution in [0, 0.1) is 6.92 Å². The van der Waals surface area contributed by atoms with E-state index in [4.69, 9.17) is 4.74 Å². The van der Waals surface area contributed by atoms with E-state index in [0.29, 0.717) is 19.6 Å². The molecule has 21 heavy (non-hydrogen) atoms. The second-order valence-electron chi connectivity index (χ2n) is 5.24. The maximum atomic E-state index is 12.5. The molecule has 0 saturated heterocycles. The van der Waals surface area contributed by atoms with Crippen molar-refractivity contribution in [3.05, 3.63) is 50.8 Å². The molecular formula is C16H17BrN2O2. The van der Waals surface area contributed by atoms with Gasteiger partial charge in [-0.25, -0.2) is 0 Å². The Kier molecular flexibility index (Phi) is 3.95. The molecule has 4 nitrogen and oxygen atoms in total. The van der Waals surface area contributed by atoms with E-state index in [2.05, 4.69) is 21.0 Å². The van der Waals surface area contributed by atoms with Crippen molar-refractivity contribution in [3.63, 3.8) is 0 Å². The van der Waals surface area contributed by atoms with Gasteiger partial charge in [0.15, 0.2) is 5.78 Å². The highest BCUT2D eigenvalue weighted by molar-refractivity contribution is 9.10. The summed E-state index contributed by atoms with van der Waals surface area (Å²) >= 11 is 3.54. The number of fused-ring (bicyclic) bond motifs is 1. The van der Waals surface area contributed by atoms with Gasteiger partial charge >= 0.3 is 0 Å². The van der Waals surface area contributed by atoms with Crippen LogP contribution in [0.3, 0.4) is 0 Å². The molecule has 0 bridgehead atoms. The van der Waals surface area contributed by atoms with Gasteiger partial charge in [0.05, 0.1) is 35.5 Å². The smallest absolute Gasteiger partial charge is 0.168 e. The highest BCUT2D eigenvalue weighted by atomic mass is 79.9. The van der Waals surface area contributed by atoms with Crippen molar-refractivity contribution in [2.24, 2.45) is 0 Å². The maximum Gasteiger partial charge on any atom is 0.168 e. The quantitative estimate of drug-likeness (QED) is 0.795. The van der Waals surface area contributed by atoms with E-state index in [1.165, 1.54) is 5.56 Å². The Hall–Kier alpha value is -1.46. The molecule has 1 aliphatic heterocycles. The molecule has 3 rings (SSSR count). The van der Waals surface area contributed by atoms with Crippen LogP contribution < -0.4 is 0 Å². The summed E-state index contributed by atoms with van der Waals surface area (Å²) < 4.78 is 8.21. The van der Waals surface area contributed by atoms with Crippen LogP contribution in [-0.2, 0) is 30.9 Å². The highest BCUT2D eigenvalue weighted by Gasteiger charge is 2.18. The number of rotatable bonds is 4. The van der Waals surface area contributed by atoms with E-state index in [-0.39, 0.29) is 5.78 Å². The maximum absolute atomic E-state index is 12.5. The van der Waals surface area contributed by atoms with Gasteiger partial charge in [0.2, 0.25) is 0 Å². The predicted molar refractivity (Wildman–Crippen MR) is 83.3 cm³/mol. The van der Waals surface area contributed by atoms with Crippen molar-refractivity contribution < 1.29 is 9.53 Å². The van der Waals surface area contributed by atoms with E-state index < -0.39 is 0 Å². The molecule has 1 aromatic carbocycles. The fourth-order valence-corrected chi connectivity index (χ4v) is 3.06. The van der Waals surface area contributed by atoms with E-state index >= 15 is 0 Å². The SMILES string of the molecule is CCn1nc(C)c(Br)c1CC(=O)c1ccc2c(c1)COC2. The van der Waals surface area contributed by atoms with Gasteiger partial charge in [0.1, 0.15) is 0 Å². The number of aromatic nitrogens is 2. The van der Waals surface area contributed by atoms with Gasteiger partial charge in [-0.05, 0) is 47.0 Å². The molecule has 1 aromatic heterocycles. The average Bonchev–Trinajstić information content (AvgIpc) is 3.05. The number of aryl methyl sites for hydroxylation is 2.